The molecule has 0 aromatic carbocycles. The van der Waals surface area contributed by atoms with Crippen molar-refractivity contribution in [3.63, 3.8) is 0 Å². The molecule has 0 unspecified atom stereocenters. The van der Waals surface area contributed by atoms with Gasteiger partial charge in [-0.15, -0.1) is 0 Å². The summed E-state index contributed by atoms with van der Waals surface area (Å²) in [4.78, 5) is 19.0. The Kier molecular flexibility index (Phi) is 2.54. The van der Waals surface area contributed by atoms with E-state index in [0.29, 0.717) is 5.82 Å². The quantitative estimate of drug-likeness (QED) is 0.796. The van der Waals surface area contributed by atoms with E-state index in [1.807, 2.05) is 33.8 Å². The summed E-state index contributed by atoms with van der Waals surface area (Å²) in [6, 6.07) is 4.01. The van der Waals surface area contributed by atoms with Crippen molar-refractivity contribution in [1.29, 1.82) is 0 Å². The van der Waals surface area contributed by atoms with Gasteiger partial charge < -0.3 is 4.98 Å². The van der Waals surface area contributed by atoms with Crippen molar-refractivity contribution in [1.82, 2.24) is 9.97 Å². The van der Waals surface area contributed by atoms with E-state index in [2.05, 4.69) is 16.0 Å². The molecular formula is C13H16N2O. The van der Waals surface area contributed by atoms with Crippen molar-refractivity contribution < 1.29 is 0 Å². The Morgan fingerprint density at radius 2 is 1.94 bits per heavy atom. The van der Waals surface area contributed by atoms with Gasteiger partial charge in [-0.25, -0.2) is 0 Å². The van der Waals surface area contributed by atoms with E-state index in [0.717, 1.165) is 16.8 Å². The van der Waals surface area contributed by atoms with Crippen LogP contribution in [0.25, 0.3) is 11.4 Å². The molecule has 2 heterocycles. The fraction of sp³-hybridized carbons (Fsp3) is 0.385. The van der Waals surface area contributed by atoms with E-state index >= 15 is 0 Å². The van der Waals surface area contributed by atoms with Crippen LogP contribution in [0.1, 0.15) is 36.6 Å². The molecule has 0 fully saturated rings. The van der Waals surface area contributed by atoms with Crippen molar-refractivity contribution in [2.24, 2.45) is 0 Å². The van der Waals surface area contributed by atoms with Gasteiger partial charge in [0, 0.05) is 16.8 Å². The Labute approximate surface area is 94.9 Å². The maximum absolute atomic E-state index is 11.7. The first-order valence-corrected chi connectivity index (χ1v) is 5.50. The van der Waals surface area contributed by atoms with Crippen molar-refractivity contribution >= 4 is 0 Å². The lowest BCUT2D eigenvalue weighted by atomic mass is 10.0. The zero-order valence-electron chi connectivity index (χ0n) is 10.1. The molecule has 84 valence electrons. The van der Waals surface area contributed by atoms with Gasteiger partial charge in [0.25, 0.3) is 5.56 Å². The van der Waals surface area contributed by atoms with Crippen LogP contribution in [0.4, 0.5) is 0 Å². The van der Waals surface area contributed by atoms with E-state index in [1.165, 1.54) is 5.56 Å². The number of aryl methyl sites for hydroxylation is 2. The summed E-state index contributed by atoms with van der Waals surface area (Å²) < 4.78 is 0. The summed E-state index contributed by atoms with van der Waals surface area (Å²) in [6.07, 6.45) is 0. The molecule has 0 amide bonds. The molecule has 0 spiro atoms. The highest BCUT2D eigenvalue weighted by Gasteiger charge is 2.12. The normalized spacial score (nSPS) is 11.3. The second kappa shape index (κ2) is 3.74. The zero-order chi connectivity index (χ0) is 11.9. The second-order valence-electron chi connectivity index (χ2n) is 4.55. The minimum absolute atomic E-state index is 0.123. The van der Waals surface area contributed by atoms with Crippen LogP contribution in [0.15, 0.2) is 16.9 Å². The Morgan fingerprint density at radius 3 is 2.56 bits per heavy atom. The van der Waals surface area contributed by atoms with Crippen LogP contribution in [0.2, 0.25) is 0 Å². The predicted octanol–water partition coefficient (Wildman–Crippen LogP) is 2.61. The highest BCUT2D eigenvalue weighted by atomic mass is 16.1. The Hall–Kier alpha value is -1.64. The summed E-state index contributed by atoms with van der Waals surface area (Å²) in [5.74, 6) is 0.892. The number of H-pyrrole nitrogens is 1. The molecule has 0 saturated heterocycles. The number of aromatic amines is 1. The van der Waals surface area contributed by atoms with Gasteiger partial charge in [-0.1, -0.05) is 13.8 Å². The number of hydrogen-bond donors (Lipinski definition) is 1. The SMILES string of the molecule is Cc1cc2cc(C(C)C)c(=O)nc-2[nH]c1C. The summed E-state index contributed by atoms with van der Waals surface area (Å²) >= 11 is 0. The Balaban J connectivity index is 2.76. The average Bonchev–Trinajstić information content (AvgIpc) is 2.19. The molecule has 16 heavy (non-hydrogen) atoms. The van der Waals surface area contributed by atoms with Crippen LogP contribution >= 0.6 is 0 Å². The molecule has 2 rings (SSSR count). The zero-order valence-corrected chi connectivity index (χ0v) is 10.1. The highest BCUT2D eigenvalue weighted by Crippen LogP contribution is 2.22. The molecule has 0 saturated carbocycles. The summed E-state index contributed by atoms with van der Waals surface area (Å²) in [6.45, 7) is 8.05. The number of nitrogens with zero attached hydrogens (tertiary/aromatic N) is 1. The fourth-order valence-corrected chi connectivity index (χ4v) is 1.77. The van der Waals surface area contributed by atoms with Crippen LogP contribution in [0.3, 0.4) is 0 Å². The topological polar surface area (TPSA) is 45.8 Å². The van der Waals surface area contributed by atoms with Gasteiger partial charge >= 0.3 is 0 Å². The lowest BCUT2D eigenvalue weighted by Gasteiger charge is -2.11. The minimum Gasteiger partial charge on any atom is -0.343 e. The third kappa shape index (κ3) is 1.73. The highest BCUT2D eigenvalue weighted by molar-refractivity contribution is 5.59. The smallest absolute Gasteiger partial charge is 0.275 e. The van der Waals surface area contributed by atoms with E-state index in [-0.39, 0.29) is 11.5 Å². The van der Waals surface area contributed by atoms with Gasteiger partial charge in [0.2, 0.25) is 0 Å². The van der Waals surface area contributed by atoms with Crippen LogP contribution < -0.4 is 5.56 Å². The predicted molar refractivity (Wildman–Crippen MR) is 65.0 cm³/mol. The van der Waals surface area contributed by atoms with E-state index in [4.69, 9.17) is 0 Å². The number of aromatic nitrogens is 2. The second-order valence-corrected chi connectivity index (χ2v) is 4.55. The fourth-order valence-electron chi connectivity index (χ4n) is 1.77. The van der Waals surface area contributed by atoms with Gasteiger partial charge in [-0.05, 0) is 37.5 Å². The first-order valence-electron chi connectivity index (χ1n) is 5.50. The molecule has 0 radical (unpaired) electrons. The van der Waals surface area contributed by atoms with E-state index < -0.39 is 0 Å². The van der Waals surface area contributed by atoms with Crippen molar-refractivity contribution in [2.75, 3.05) is 0 Å². The summed E-state index contributed by atoms with van der Waals surface area (Å²) in [5.41, 5.74) is 3.90. The van der Waals surface area contributed by atoms with Crippen molar-refractivity contribution in [3.8, 4) is 11.4 Å². The summed E-state index contributed by atoms with van der Waals surface area (Å²) in [5, 5.41) is 0. The monoisotopic (exact) mass is 216 g/mol. The molecule has 0 aliphatic carbocycles. The van der Waals surface area contributed by atoms with Crippen molar-refractivity contribution in [3.05, 3.63) is 39.3 Å². The first kappa shape index (κ1) is 10.9. The number of hydrogen-bond acceptors (Lipinski definition) is 2. The van der Waals surface area contributed by atoms with Gasteiger partial charge in [0.05, 0.1) is 0 Å². The largest absolute Gasteiger partial charge is 0.343 e. The first-order chi connectivity index (χ1) is 7.49. The number of fused-ring (bicyclic) bond motifs is 1. The van der Waals surface area contributed by atoms with E-state index in [9.17, 15) is 4.79 Å². The average molecular weight is 216 g/mol. The maximum atomic E-state index is 11.7. The van der Waals surface area contributed by atoms with Gasteiger partial charge in [0.1, 0.15) is 5.82 Å². The van der Waals surface area contributed by atoms with Gasteiger partial charge in [-0.3, -0.25) is 4.79 Å². The van der Waals surface area contributed by atoms with Crippen LogP contribution in [-0.2, 0) is 0 Å². The Morgan fingerprint density at radius 1 is 1.25 bits per heavy atom. The number of pyridine rings is 2. The van der Waals surface area contributed by atoms with E-state index in [1.54, 1.807) is 0 Å². The number of rotatable bonds is 1. The van der Waals surface area contributed by atoms with Gasteiger partial charge in [0.15, 0.2) is 0 Å². The molecule has 0 aromatic heterocycles. The minimum atomic E-state index is -0.123. The molecule has 2 aliphatic heterocycles. The third-order valence-electron chi connectivity index (χ3n) is 2.94. The molecule has 3 heteroatoms. The lowest BCUT2D eigenvalue weighted by molar-refractivity contribution is 0.841. The molecule has 0 aromatic rings. The van der Waals surface area contributed by atoms with Crippen LogP contribution in [0.5, 0.6) is 0 Å². The maximum Gasteiger partial charge on any atom is 0.275 e. The van der Waals surface area contributed by atoms with Gasteiger partial charge in [-0.2, -0.15) is 4.98 Å². The third-order valence-corrected chi connectivity index (χ3v) is 2.94. The molecule has 3 nitrogen and oxygen atoms in total. The lowest BCUT2D eigenvalue weighted by Crippen LogP contribution is -2.16. The number of nitrogens with one attached hydrogen (secondary N) is 1. The standard InChI is InChI=1S/C13H16N2O/c1-7(2)11-6-10-5-8(3)9(4)14-12(10)15-13(11)16/h5-7H,1-4H3,(H,14,15,16). The van der Waals surface area contributed by atoms with Crippen LogP contribution in [0, 0.1) is 13.8 Å². The van der Waals surface area contributed by atoms with Crippen LogP contribution in [-0.4, -0.2) is 9.97 Å². The summed E-state index contributed by atoms with van der Waals surface area (Å²) in [7, 11) is 0. The van der Waals surface area contributed by atoms with Crippen molar-refractivity contribution in [2.45, 2.75) is 33.6 Å². The Bertz CT molecular complexity index is 555. The molecule has 1 N–H and O–H groups in total. The molecular weight excluding hydrogens is 200 g/mol. The molecule has 0 atom stereocenters. The molecule has 2 aliphatic rings. The molecule has 0 bridgehead atoms.